The van der Waals surface area contributed by atoms with E-state index in [2.05, 4.69) is 13.0 Å². The number of carbonyl (C=O) groups is 2. The average molecular weight is 1210 g/mol. The van der Waals surface area contributed by atoms with E-state index in [1.165, 1.54) is 14.0 Å². The van der Waals surface area contributed by atoms with Gasteiger partial charge in [0.2, 0.25) is 0 Å². The monoisotopic (exact) mass is 1210 g/mol. The number of ether oxygens (including phenoxy) is 11. The Kier molecular flexibility index (Phi) is 18.6. The number of aliphatic hydroxyl groups excluding tert-OH is 9. The van der Waals surface area contributed by atoms with Crippen LogP contribution in [0.25, 0.3) is 0 Å². The fourth-order valence-electron chi connectivity index (χ4n) is 16.3. The summed E-state index contributed by atoms with van der Waals surface area (Å²) in [6.07, 6.45) is -25.3. The van der Waals surface area contributed by atoms with E-state index in [0.717, 1.165) is 11.1 Å². The van der Waals surface area contributed by atoms with Crippen molar-refractivity contribution in [1.82, 2.24) is 0 Å². The molecule has 83 heavy (non-hydrogen) atoms. The van der Waals surface area contributed by atoms with Crippen molar-refractivity contribution in [3.63, 3.8) is 0 Å². The van der Waals surface area contributed by atoms with Crippen LogP contribution in [0.4, 0.5) is 0 Å². The molecule has 5 aliphatic heterocycles. The number of methoxy groups -OCH3 is 1. The zero-order valence-electron chi connectivity index (χ0n) is 48.2. The first-order valence-electron chi connectivity index (χ1n) is 28.6. The van der Waals surface area contributed by atoms with Crippen LogP contribution in [0.5, 0.6) is 0 Å². The van der Waals surface area contributed by atoms with Crippen LogP contribution in [0.3, 0.4) is 0 Å². The number of cyclic esters (lactones) is 1. The maximum absolute atomic E-state index is 14.7. The van der Waals surface area contributed by atoms with Gasteiger partial charge in [-0.3, -0.25) is 14.1 Å². The number of hydrogen-bond acceptors (Lipinski definition) is 26. The number of rotatable bonds is 17. The highest BCUT2D eigenvalue weighted by Gasteiger charge is 2.87. The quantitative estimate of drug-likeness (QED) is 0.0458. The standard InChI is InChI=1S/C55H86O27S/c1-24(2)11-10-16-53(8)55(67)34(74-25(3)58)19-52(7)27-12-13-32-50(4,5)33(15-17-51(32,6)26(27)14-18-54(52,55)49(66)81-53)77-48-44(36(61)31(23-73-48)82-83(68,69)70)80-46-38(63)37(62)42(30(21-57)76-46)79-45-39(64)41(28(59)22-72-45)78-47-40(65)43(71-9)35(60)29(20-56)75-47/h11-12,26,28-48,56-57,59-65,67H,10,13-23H2,1-9H3,(H,68,69,70)/t26-,28+,29+,30+,31+,32-,33-,34-,35+,36-,37+,38+,39+,40+,41-,42+,43-,44+,45-,46-,47-,48-,51+,52-,53-,54+,55-/m0/s1. The number of fused-ring (bicyclic) bond motifs is 4. The minimum atomic E-state index is -5.21. The van der Waals surface area contributed by atoms with Gasteiger partial charge in [-0.1, -0.05) is 51.0 Å². The van der Waals surface area contributed by atoms with E-state index < -0.39 is 204 Å². The van der Waals surface area contributed by atoms with Gasteiger partial charge in [0.15, 0.2) is 30.8 Å². The third-order valence-electron chi connectivity index (χ3n) is 20.4. The first-order valence-corrected chi connectivity index (χ1v) is 29.9. The van der Waals surface area contributed by atoms with Gasteiger partial charge in [-0.2, -0.15) is 8.42 Å². The minimum Gasteiger partial charge on any atom is -0.459 e. The largest absolute Gasteiger partial charge is 0.459 e. The second kappa shape index (κ2) is 23.8. The molecule has 0 amide bonds. The summed E-state index contributed by atoms with van der Waals surface area (Å²) in [6, 6.07) is 0. The van der Waals surface area contributed by atoms with Gasteiger partial charge < -0.3 is 103 Å². The van der Waals surface area contributed by atoms with E-state index in [4.69, 9.17) is 56.3 Å². The van der Waals surface area contributed by atoms with Crippen molar-refractivity contribution in [3.05, 3.63) is 23.3 Å². The van der Waals surface area contributed by atoms with Gasteiger partial charge in [0.05, 0.1) is 32.5 Å². The summed E-state index contributed by atoms with van der Waals surface area (Å²) >= 11 is 0. The van der Waals surface area contributed by atoms with Crippen molar-refractivity contribution >= 4 is 22.3 Å². The SMILES string of the molecule is CO[C@@H]1[C@@H](O)[C@H](O[C@@H]2[C@@H](O)[C@H](O[C@H]3[C@H](O)[C@@H](O)[C@H](O[C@H]4[C@H](O[C@H]5CC[C@]6(C)[C@H]7CC[C@]89C(=O)O[C@@](C)(CCC=C(C)C)[C@@]8(O)[C@@H](OC(C)=O)C[C@@]9(C)C7=CC[C@H]6C5(C)C)OC[C@@H](OS(=O)(=O)O)[C@@H]4O)O[C@@H]3CO)OC[C@H]2O)O[C@H](CO)[C@H]1O. The Morgan fingerprint density at radius 2 is 1.36 bits per heavy atom. The van der Waals surface area contributed by atoms with Gasteiger partial charge in [-0.15, -0.1) is 0 Å². The fraction of sp³-hybridized carbons (Fsp3) is 0.891. The van der Waals surface area contributed by atoms with Gasteiger partial charge in [0.25, 0.3) is 0 Å². The molecule has 8 fully saturated rings. The zero-order valence-corrected chi connectivity index (χ0v) is 49.0. The van der Waals surface area contributed by atoms with E-state index in [1.54, 1.807) is 6.92 Å². The van der Waals surface area contributed by atoms with Crippen LogP contribution in [0.15, 0.2) is 23.3 Å². The summed E-state index contributed by atoms with van der Waals surface area (Å²) in [5.74, 6) is -1.31. The fourth-order valence-corrected chi connectivity index (χ4v) is 16.8. The highest BCUT2D eigenvalue weighted by atomic mass is 32.3. The van der Waals surface area contributed by atoms with Crippen molar-refractivity contribution < 1.29 is 130 Å². The topological polar surface area (TPSA) is 402 Å². The van der Waals surface area contributed by atoms with Gasteiger partial charge in [0.1, 0.15) is 103 Å². The number of hydrogen-bond donors (Lipinski definition) is 11. The van der Waals surface area contributed by atoms with Gasteiger partial charge in [0, 0.05) is 19.4 Å². The van der Waals surface area contributed by atoms with Crippen LogP contribution in [-0.4, -0.2) is 244 Å². The van der Waals surface area contributed by atoms with E-state index in [0.29, 0.717) is 38.5 Å². The van der Waals surface area contributed by atoms with Crippen molar-refractivity contribution in [3.8, 4) is 0 Å². The Hall–Kier alpha value is -2.47. The molecule has 0 aromatic rings. The molecule has 0 unspecified atom stereocenters. The second-order valence-electron chi connectivity index (χ2n) is 25.7. The molecule has 5 heterocycles. The van der Waals surface area contributed by atoms with Gasteiger partial charge in [-0.05, 0) is 94.8 Å². The van der Waals surface area contributed by atoms with Crippen molar-refractivity contribution in [2.24, 2.45) is 33.5 Å². The summed E-state index contributed by atoms with van der Waals surface area (Å²) in [5, 5.41) is 112. The molecule has 9 aliphatic rings. The van der Waals surface area contributed by atoms with E-state index in [1.807, 2.05) is 40.7 Å². The van der Waals surface area contributed by atoms with Crippen molar-refractivity contribution in [1.29, 1.82) is 0 Å². The molecule has 28 heteroatoms. The molecule has 1 spiro atoms. The van der Waals surface area contributed by atoms with Crippen LogP contribution in [0.1, 0.15) is 107 Å². The number of carbonyl (C=O) groups excluding carboxylic acids is 2. The van der Waals surface area contributed by atoms with Crippen LogP contribution in [0.2, 0.25) is 0 Å². The molecular formula is C55H86O27S. The Bertz CT molecular complexity index is 2530. The lowest BCUT2D eigenvalue weighted by molar-refractivity contribution is -0.385. The number of aliphatic hydroxyl groups is 10. The molecule has 11 N–H and O–H groups in total. The van der Waals surface area contributed by atoms with Crippen molar-refractivity contribution in [2.75, 3.05) is 33.5 Å². The van der Waals surface area contributed by atoms with E-state index >= 15 is 0 Å². The van der Waals surface area contributed by atoms with Crippen LogP contribution >= 0.6 is 0 Å². The lowest BCUT2D eigenvalue weighted by Gasteiger charge is -2.64. The summed E-state index contributed by atoms with van der Waals surface area (Å²) in [5.41, 5.74) is -4.71. The smallest absolute Gasteiger partial charge is 0.397 e. The number of allylic oxidation sites excluding steroid dienone is 4. The van der Waals surface area contributed by atoms with Crippen LogP contribution in [0, 0.1) is 33.5 Å². The highest BCUT2D eigenvalue weighted by molar-refractivity contribution is 7.80. The third kappa shape index (κ3) is 10.9. The molecule has 27 nitrogen and oxygen atoms in total. The predicted octanol–water partition coefficient (Wildman–Crippen LogP) is -1.29. The summed E-state index contributed by atoms with van der Waals surface area (Å²) in [6.45, 7) is 12.3. The molecule has 4 aliphatic carbocycles. The Morgan fingerprint density at radius 1 is 0.735 bits per heavy atom. The van der Waals surface area contributed by atoms with Crippen molar-refractivity contribution in [2.45, 2.75) is 241 Å². The highest BCUT2D eigenvalue weighted by Crippen LogP contribution is 2.78. The first kappa shape index (κ1) is 65.0. The third-order valence-corrected chi connectivity index (χ3v) is 20.9. The summed E-state index contributed by atoms with van der Waals surface area (Å²) in [4.78, 5) is 27.5. The lowest BCUT2D eigenvalue weighted by Crippen LogP contribution is -2.66. The molecule has 0 radical (unpaired) electrons. The molecule has 474 valence electrons. The lowest BCUT2D eigenvalue weighted by atomic mass is 9.40. The van der Waals surface area contributed by atoms with Crippen LogP contribution < -0.4 is 0 Å². The summed E-state index contributed by atoms with van der Waals surface area (Å²) < 4.78 is 104. The normalized spacial score (nSPS) is 49.5. The van der Waals surface area contributed by atoms with Gasteiger partial charge in [-0.25, -0.2) is 4.18 Å². The Labute approximate surface area is 481 Å². The maximum atomic E-state index is 14.7. The zero-order chi connectivity index (χ0) is 60.9. The maximum Gasteiger partial charge on any atom is 0.397 e. The second-order valence-corrected chi connectivity index (χ2v) is 26.8. The van der Waals surface area contributed by atoms with Crippen LogP contribution in [-0.2, 0) is 76.3 Å². The molecule has 9 rings (SSSR count). The Morgan fingerprint density at radius 3 is 2.00 bits per heavy atom. The molecule has 27 atom stereocenters. The predicted molar refractivity (Wildman–Crippen MR) is 279 cm³/mol. The average Bonchev–Trinajstić information content (AvgIpc) is 1.58. The molecular weight excluding hydrogens is 1120 g/mol. The minimum absolute atomic E-state index is 0.103. The van der Waals surface area contributed by atoms with Gasteiger partial charge >= 0.3 is 22.3 Å². The molecule has 0 bridgehead atoms. The first-order chi connectivity index (χ1) is 38.8. The molecule has 3 saturated carbocycles. The molecule has 5 saturated heterocycles. The van der Waals surface area contributed by atoms with E-state index in [9.17, 15) is 73.6 Å². The molecule has 0 aromatic carbocycles. The summed E-state index contributed by atoms with van der Waals surface area (Å²) in [7, 11) is -4.03. The molecule has 0 aromatic heterocycles. The van der Waals surface area contributed by atoms with E-state index in [-0.39, 0.29) is 24.7 Å². The number of esters is 2. The Balaban J connectivity index is 0.925.